The number of nitro benzene ring substituents is 1. The van der Waals surface area contributed by atoms with Crippen molar-refractivity contribution in [1.29, 1.82) is 0 Å². The molecule has 25 heavy (non-hydrogen) atoms. The number of nitrogens with zero attached hydrogens (tertiary/aromatic N) is 2. The molecular formula is C15H12ClN3O5S. The average Bonchev–Trinajstić information content (AvgIpc) is 2.98. The molecule has 2 rings (SSSR count). The largest absolute Gasteiger partial charge is 0.456 e. The molecule has 10 heteroatoms. The van der Waals surface area contributed by atoms with Crippen molar-refractivity contribution in [3.63, 3.8) is 0 Å². The highest BCUT2D eigenvalue weighted by Crippen LogP contribution is 2.25. The van der Waals surface area contributed by atoms with Crippen LogP contribution in [0.1, 0.15) is 18.2 Å². The van der Waals surface area contributed by atoms with E-state index in [1.165, 1.54) is 36.5 Å². The van der Waals surface area contributed by atoms with Gasteiger partial charge in [-0.3, -0.25) is 14.9 Å². The summed E-state index contributed by atoms with van der Waals surface area (Å²) in [6, 6.07) is 4.18. The molecule has 0 atom stereocenters. The molecule has 1 aromatic carbocycles. The Morgan fingerprint density at radius 3 is 2.92 bits per heavy atom. The first kappa shape index (κ1) is 18.6. The summed E-state index contributed by atoms with van der Waals surface area (Å²) in [5.74, 6) is -0.871. The van der Waals surface area contributed by atoms with Crippen LogP contribution in [0.2, 0.25) is 5.02 Å². The molecule has 0 radical (unpaired) electrons. The van der Waals surface area contributed by atoms with Gasteiger partial charge in [0.1, 0.15) is 11.6 Å². The van der Waals surface area contributed by atoms with Crippen LogP contribution in [0.15, 0.2) is 29.7 Å². The van der Waals surface area contributed by atoms with Crippen molar-refractivity contribution >= 4 is 51.7 Å². The Labute approximate surface area is 151 Å². The number of esters is 1. The van der Waals surface area contributed by atoms with Crippen LogP contribution in [0.3, 0.4) is 0 Å². The van der Waals surface area contributed by atoms with E-state index in [2.05, 4.69) is 10.3 Å². The molecule has 0 bridgehead atoms. The Bertz CT molecular complexity index is 849. The lowest BCUT2D eigenvalue weighted by Gasteiger charge is -1.99. The molecule has 8 nitrogen and oxygen atoms in total. The van der Waals surface area contributed by atoms with E-state index in [9.17, 15) is 19.7 Å². The van der Waals surface area contributed by atoms with Gasteiger partial charge < -0.3 is 10.1 Å². The Hall–Kier alpha value is -2.78. The molecular weight excluding hydrogens is 370 g/mol. The summed E-state index contributed by atoms with van der Waals surface area (Å²) in [6.07, 6.45) is 2.53. The second-order valence-electron chi connectivity index (χ2n) is 4.73. The van der Waals surface area contributed by atoms with Crippen molar-refractivity contribution in [2.45, 2.75) is 13.5 Å². The number of ether oxygens (including phenoxy) is 1. The molecule has 0 aliphatic carbocycles. The van der Waals surface area contributed by atoms with Gasteiger partial charge in [0, 0.05) is 24.4 Å². The summed E-state index contributed by atoms with van der Waals surface area (Å²) in [7, 11) is 0. The van der Waals surface area contributed by atoms with Crippen LogP contribution in [0.5, 0.6) is 0 Å². The number of nitrogens with one attached hydrogen (secondary N) is 1. The SMILES string of the molecule is CC(=O)Nc1nc(COC(=O)/C=C/c2ccc(Cl)c([N+](=O)[O-])c2)cs1. The van der Waals surface area contributed by atoms with Gasteiger partial charge in [-0.2, -0.15) is 0 Å². The van der Waals surface area contributed by atoms with Crippen molar-refractivity contribution in [2.24, 2.45) is 0 Å². The number of anilines is 1. The highest BCUT2D eigenvalue weighted by atomic mass is 35.5. The van der Waals surface area contributed by atoms with Crippen LogP contribution in [0.25, 0.3) is 6.08 Å². The van der Waals surface area contributed by atoms with E-state index in [-0.39, 0.29) is 23.2 Å². The van der Waals surface area contributed by atoms with E-state index < -0.39 is 10.9 Å². The first-order valence-electron chi connectivity index (χ1n) is 6.86. The smallest absolute Gasteiger partial charge is 0.331 e. The Kier molecular flexibility index (Phi) is 6.20. The van der Waals surface area contributed by atoms with Crippen LogP contribution in [-0.4, -0.2) is 21.8 Å². The topological polar surface area (TPSA) is 111 Å². The van der Waals surface area contributed by atoms with Crippen LogP contribution in [0.4, 0.5) is 10.8 Å². The third-order valence-electron chi connectivity index (χ3n) is 2.78. The minimum atomic E-state index is -0.633. The lowest BCUT2D eigenvalue weighted by atomic mass is 10.2. The first-order valence-corrected chi connectivity index (χ1v) is 8.11. The molecule has 1 N–H and O–H groups in total. The Morgan fingerprint density at radius 2 is 2.24 bits per heavy atom. The maximum Gasteiger partial charge on any atom is 0.331 e. The number of benzene rings is 1. The number of carbonyl (C=O) groups is 2. The summed E-state index contributed by atoms with van der Waals surface area (Å²) in [5, 5.41) is 15.4. The average molecular weight is 382 g/mol. The van der Waals surface area contributed by atoms with E-state index in [1.807, 2.05) is 0 Å². The van der Waals surface area contributed by atoms with Gasteiger partial charge in [0.2, 0.25) is 5.91 Å². The molecule has 1 heterocycles. The van der Waals surface area contributed by atoms with E-state index in [1.54, 1.807) is 11.4 Å². The predicted molar refractivity (Wildman–Crippen MR) is 93.4 cm³/mol. The molecule has 2 aromatic rings. The second-order valence-corrected chi connectivity index (χ2v) is 6.00. The Morgan fingerprint density at radius 1 is 1.48 bits per heavy atom. The van der Waals surface area contributed by atoms with Crippen molar-refractivity contribution in [2.75, 3.05) is 5.32 Å². The molecule has 0 aliphatic rings. The van der Waals surface area contributed by atoms with Crippen molar-refractivity contribution in [1.82, 2.24) is 4.98 Å². The van der Waals surface area contributed by atoms with Crippen molar-refractivity contribution < 1.29 is 19.2 Å². The maximum absolute atomic E-state index is 11.7. The minimum absolute atomic E-state index is 0.0169. The van der Waals surface area contributed by atoms with Gasteiger partial charge in [-0.1, -0.05) is 17.7 Å². The molecule has 1 aromatic heterocycles. The monoisotopic (exact) mass is 381 g/mol. The lowest BCUT2D eigenvalue weighted by Crippen LogP contribution is -2.06. The number of aromatic nitrogens is 1. The standard InChI is InChI=1S/C15H12ClN3O5S/c1-9(20)17-15-18-11(8-25-15)7-24-14(21)5-3-10-2-4-12(16)13(6-10)19(22)23/h2-6,8H,7H2,1H3,(H,17,18,20)/b5-3+. The van der Waals surface area contributed by atoms with Crippen molar-refractivity contribution in [3.8, 4) is 0 Å². The molecule has 0 aliphatic heterocycles. The second kappa shape index (κ2) is 8.36. The summed E-state index contributed by atoms with van der Waals surface area (Å²) >= 11 is 6.93. The third-order valence-corrected chi connectivity index (χ3v) is 3.90. The number of amides is 1. The number of halogens is 1. The molecule has 130 valence electrons. The summed E-state index contributed by atoms with van der Waals surface area (Å²) in [4.78, 5) is 36.9. The van der Waals surface area contributed by atoms with Gasteiger partial charge in [0.15, 0.2) is 5.13 Å². The molecule has 0 unspecified atom stereocenters. The summed E-state index contributed by atoms with van der Waals surface area (Å²) < 4.78 is 5.02. The van der Waals surface area contributed by atoms with E-state index in [4.69, 9.17) is 16.3 Å². The van der Waals surface area contributed by atoms with E-state index in [0.29, 0.717) is 16.4 Å². The molecule has 1 amide bonds. The van der Waals surface area contributed by atoms with Crippen LogP contribution in [-0.2, 0) is 20.9 Å². The fourth-order valence-electron chi connectivity index (χ4n) is 1.71. The van der Waals surface area contributed by atoms with Gasteiger partial charge in [-0.25, -0.2) is 9.78 Å². The quantitative estimate of drug-likeness (QED) is 0.355. The number of nitro groups is 1. The van der Waals surface area contributed by atoms with Gasteiger partial charge in [-0.05, 0) is 17.7 Å². The third kappa shape index (κ3) is 5.66. The molecule has 0 spiro atoms. The fourth-order valence-corrected chi connectivity index (χ4v) is 2.64. The maximum atomic E-state index is 11.7. The van der Waals surface area contributed by atoms with E-state index in [0.717, 1.165) is 6.08 Å². The Balaban J connectivity index is 1.92. The normalized spacial score (nSPS) is 10.6. The zero-order valence-electron chi connectivity index (χ0n) is 12.9. The number of thiazole rings is 1. The predicted octanol–water partition coefficient (Wildman–Crippen LogP) is 3.42. The highest BCUT2D eigenvalue weighted by Gasteiger charge is 2.12. The van der Waals surface area contributed by atoms with Gasteiger partial charge in [0.25, 0.3) is 5.69 Å². The van der Waals surface area contributed by atoms with Gasteiger partial charge in [-0.15, -0.1) is 11.3 Å². The lowest BCUT2D eigenvalue weighted by molar-refractivity contribution is -0.384. The number of hydrogen-bond donors (Lipinski definition) is 1. The first-order chi connectivity index (χ1) is 11.8. The zero-order valence-corrected chi connectivity index (χ0v) is 14.5. The summed E-state index contributed by atoms with van der Waals surface area (Å²) in [6.45, 7) is 1.31. The number of rotatable bonds is 6. The molecule has 0 fully saturated rings. The minimum Gasteiger partial charge on any atom is -0.456 e. The van der Waals surface area contributed by atoms with Gasteiger partial charge in [0.05, 0.1) is 10.6 Å². The van der Waals surface area contributed by atoms with Crippen LogP contribution >= 0.6 is 22.9 Å². The highest BCUT2D eigenvalue weighted by molar-refractivity contribution is 7.13. The van der Waals surface area contributed by atoms with Gasteiger partial charge >= 0.3 is 5.97 Å². The van der Waals surface area contributed by atoms with Crippen LogP contribution in [0, 0.1) is 10.1 Å². The number of carbonyl (C=O) groups excluding carboxylic acids is 2. The molecule has 0 saturated carbocycles. The fraction of sp³-hybridized carbons (Fsp3) is 0.133. The van der Waals surface area contributed by atoms with Crippen molar-refractivity contribution in [3.05, 3.63) is 56.0 Å². The molecule has 0 saturated heterocycles. The van der Waals surface area contributed by atoms with E-state index >= 15 is 0 Å². The summed E-state index contributed by atoms with van der Waals surface area (Å²) in [5.41, 5.74) is 0.692. The van der Waals surface area contributed by atoms with Crippen LogP contribution < -0.4 is 5.32 Å². The zero-order chi connectivity index (χ0) is 18.4. The number of hydrogen-bond acceptors (Lipinski definition) is 7.